The van der Waals surface area contributed by atoms with Crippen molar-refractivity contribution in [3.8, 4) is 0 Å². The summed E-state index contributed by atoms with van der Waals surface area (Å²) in [5, 5.41) is 2.88. The molecule has 1 unspecified atom stereocenters. The van der Waals surface area contributed by atoms with Gasteiger partial charge in [0, 0.05) is 18.0 Å². The zero-order valence-corrected chi connectivity index (χ0v) is 24.2. The molecule has 6 heteroatoms. The molecule has 1 aliphatic carbocycles. The average Bonchev–Trinajstić information content (AvgIpc) is 3.43. The first-order valence-corrected chi connectivity index (χ1v) is 13.9. The molecule has 6 nitrogen and oxygen atoms in total. The molecule has 1 N–H and O–H groups in total. The summed E-state index contributed by atoms with van der Waals surface area (Å²) in [5.41, 5.74) is 0.0374. The Balaban J connectivity index is 0.00000203. The minimum atomic E-state index is -0.438. The highest BCUT2D eigenvalue weighted by atomic mass is 16.5. The van der Waals surface area contributed by atoms with E-state index in [2.05, 4.69) is 19.2 Å². The van der Waals surface area contributed by atoms with Crippen LogP contribution in [0.25, 0.3) is 0 Å². The number of nitrogens with zero attached hydrogens (tertiary/aromatic N) is 1. The molecule has 204 valence electrons. The molecule has 0 aromatic rings. The van der Waals surface area contributed by atoms with Gasteiger partial charge in [-0.1, -0.05) is 86.1 Å². The number of carbonyl (C=O) groups excluding carboxylic acids is 3. The van der Waals surface area contributed by atoms with Crippen LogP contribution in [0.5, 0.6) is 0 Å². The molecule has 0 aliphatic heterocycles. The van der Waals surface area contributed by atoms with Gasteiger partial charge in [-0.2, -0.15) is 0 Å². The smallest absolute Gasteiger partial charge is 0.333 e. The van der Waals surface area contributed by atoms with Gasteiger partial charge in [-0.15, -0.1) is 0 Å². The van der Waals surface area contributed by atoms with Crippen molar-refractivity contribution < 1.29 is 19.1 Å². The molecular weight excluding hydrogens is 440 g/mol. The molecule has 0 saturated heterocycles. The number of nitrogens with one attached hydrogen (secondary N) is 1. The van der Waals surface area contributed by atoms with Crippen LogP contribution in [0.15, 0.2) is 11.6 Å². The van der Waals surface area contributed by atoms with Crippen LogP contribution >= 0.6 is 0 Å². The van der Waals surface area contributed by atoms with Crippen molar-refractivity contribution in [2.24, 2.45) is 17.3 Å². The predicted molar refractivity (Wildman–Crippen MR) is 145 cm³/mol. The van der Waals surface area contributed by atoms with Crippen molar-refractivity contribution in [1.29, 1.82) is 0 Å². The molecule has 2 amide bonds. The first-order valence-electron chi connectivity index (χ1n) is 13.9. The van der Waals surface area contributed by atoms with E-state index in [0.29, 0.717) is 18.1 Å². The molecule has 0 heterocycles. The first-order chi connectivity index (χ1) is 16.5. The Bertz CT molecular complexity index is 656. The van der Waals surface area contributed by atoms with Gasteiger partial charge >= 0.3 is 5.97 Å². The van der Waals surface area contributed by atoms with Gasteiger partial charge in [0.1, 0.15) is 0 Å². The summed E-state index contributed by atoms with van der Waals surface area (Å²) in [4.78, 5) is 39.4. The summed E-state index contributed by atoms with van der Waals surface area (Å²) in [6, 6.07) is -0.263. The Labute approximate surface area is 215 Å². The Morgan fingerprint density at radius 2 is 1.49 bits per heavy atom. The van der Waals surface area contributed by atoms with Crippen molar-refractivity contribution in [2.45, 2.75) is 119 Å². The number of hydrogen-bond donors (Lipinski definition) is 1. The fourth-order valence-corrected chi connectivity index (χ4v) is 4.60. The van der Waals surface area contributed by atoms with Crippen molar-refractivity contribution >= 4 is 17.8 Å². The van der Waals surface area contributed by atoms with Crippen molar-refractivity contribution in [2.75, 3.05) is 20.2 Å². The monoisotopic (exact) mass is 494 g/mol. The van der Waals surface area contributed by atoms with Gasteiger partial charge in [0.25, 0.3) is 0 Å². The standard InChI is InChI=1S/C24H44N2O4.C5H10/c1-10-18(7)15-24(11-2,12-3)23(29)25-16-21(27)26(9)20(17(5)6)14-19(8)22(28)30-13-4;1-2-4-5-3-1/h14,17-18,20H,10-13,15-16H2,1-9H3,(H,25,29);1-5H2/b19-14+;/t18?,20-;/m1./s1. The number of carbonyl (C=O) groups is 3. The third-order valence-corrected chi connectivity index (χ3v) is 7.46. The minimum Gasteiger partial charge on any atom is -0.463 e. The van der Waals surface area contributed by atoms with E-state index in [0.717, 1.165) is 25.7 Å². The lowest BCUT2D eigenvalue weighted by Gasteiger charge is -2.33. The van der Waals surface area contributed by atoms with Crippen LogP contribution in [0.2, 0.25) is 0 Å². The summed E-state index contributed by atoms with van der Waals surface area (Å²) >= 11 is 0. The highest BCUT2D eigenvalue weighted by Gasteiger charge is 2.36. The molecule has 1 fully saturated rings. The molecule has 0 aromatic carbocycles. The number of esters is 1. The van der Waals surface area contributed by atoms with Crippen molar-refractivity contribution in [3.05, 3.63) is 11.6 Å². The Morgan fingerprint density at radius 1 is 0.971 bits per heavy atom. The highest BCUT2D eigenvalue weighted by molar-refractivity contribution is 5.89. The maximum absolute atomic E-state index is 13.0. The van der Waals surface area contributed by atoms with Crippen molar-refractivity contribution in [1.82, 2.24) is 10.2 Å². The van der Waals surface area contributed by atoms with E-state index in [-0.39, 0.29) is 36.3 Å². The van der Waals surface area contributed by atoms with Gasteiger partial charge in [-0.05, 0) is 44.9 Å². The molecule has 1 saturated carbocycles. The largest absolute Gasteiger partial charge is 0.463 e. The summed E-state index contributed by atoms with van der Waals surface area (Å²) in [7, 11) is 1.71. The summed E-state index contributed by atoms with van der Waals surface area (Å²) in [6.07, 6.45) is 12.6. The Morgan fingerprint density at radius 3 is 1.89 bits per heavy atom. The lowest BCUT2D eigenvalue weighted by atomic mass is 9.74. The van der Waals surface area contributed by atoms with Crippen LogP contribution in [0.4, 0.5) is 0 Å². The molecule has 0 radical (unpaired) electrons. The van der Waals surface area contributed by atoms with Gasteiger partial charge < -0.3 is 15.0 Å². The van der Waals surface area contributed by atoms with Gasteiger partial charge in [0.05, 0.1) is 19.2 Å². The first kappa shape index (κ1) is 33.1. The summed E-state index contributed by atoms with van der Waals surface area (Å²) in [6.45, 7) is 16.1. The zero-order chi connectivity index (χ0) is 27.0. The highest BCUT2D eigenvalue weighted by Crippen LogP contribution is 2.35. The fourth-order valence-electron chi connectivity index (χ4n) is 4.60. The van der Waals surface area contributed by atoms with E-state index in [9.17, 15) is 14.4 Å². The Kier molecular flexibility index (Phi) is 16.6. The maximum Gasteiger partial charge on any atom is 0.333 e. The van der Waals surface area contributed by atoms with E-state index in [1.807, 2.05) is 27.7 Å². The number of amides is 2. The van der Waals surface area contributed by atoms with Crippen LogP contribution in [0.3, 0.4) is 0 Å². The summed E-state index contributed by atoms with van der Waals surface area (Å²) < 4.78 is 5.04. The van der Waals surface area contributed by atoms with E-state index in [4.69, 9.17) is 4.74 Å². The molecule has 0 aromatic heterocycles. The third kappa shape index (κ3) is 11.6. The van der Waals surface area contributed by atoms with Crippen molar-refractivity contribution in [3.63, 3.8) is 0 Å². The fraction of sp³-hybridized carbons (Fsp3) is 0.828. The summed E-state index contributed by atoms with van der Waals surface area (Å²) in [5.74, 6) is -0.0448. The van der Waals surface area contributed by atoms with Crippen LogP contribution in [0, 0.1) is 17.3 Å². The number of hydrogen-bond acceptors (Lipinski definition) is 4. The third-order valence-electron chi connectivity index (χ3n) is 7.46. The molecule has 0 bridgehead atoms. The second-order valence-electron chi connectivity index (χ2n) is 10.5. The number of likely N-dealkylation sites (N-methyl/N-ethyl adjacent to an activating group) is 1. The zero-order valence-electron chi connectivity index (χ0n) is 24.2. The van der Waals surface area contributed by atoms with Gasteiger partial charge in [0.2, 0.25) is 11.8 Å². The predicted octanol–water partition coefficient (Wildman–Crippen LogP) is 6.29. The molecule has 35 heavy (non-hydrogen) atoms. The SMILES string of the molecule is C1CCCC1.CCOC(=O)/C(C)=C/[C@H](C(C)C)N(C)C(=O)CNC(=O)C(CC)(CC)CC(C)CC. The lowest BCUT2D eigenvalue weighted by molar-refractivity contribution is -0.138. The number of ether oxygens (including phenoxy) is 1. The normalized spacial score (nSPS) is 15.7. The topological polar surface area (TPSA) is 75.7 Å². The second-order valence-corrected chi connectivity index (χ2v) is 10.5. The van der Waals surface area contributed by atoms with E-state index >= 15 is 0 Å². The molecule has 1 rings (SSSR count). The van der Waals surface area contributed by atoms with Crippen LogP contribution in [-0.2, 0) is 19.1 Å². The molecule has 2 atom stereocenters. The van der Waals surface area contributed by atoms with Crippen LogP contribution in [0.1, 0.15) is 113 Å². The number of rotatable bonds is 13. The second kappa shape index (κ2) is 17.6. The van der Waals surface area contributed by atoms with Crippen LogP contribution < -0.4 is 5.32 Å². The maximum atomic E-state index is 13.0. The van der Waals surface area contributed by atoms with E-state index in [1.165, 1.54) is 32.1 Å². The quantitative estimate of drug-likeness (QED) is 0.241. The molecule has 0 spiro atoms. The van der Waals surface area contributed by atoms with E-state index in [1.54, 1.807) is 31.9 Å². The van der Waals surface area contributed by atoms with Gasteiger partial charge in [0.15, 0.2) is 0 Å². The Hall–Kier alpha value is -1.85. The lowest BCUT2D eigenvalue weighted by Crippen LogP contribution is -2.48. The van der Waals surface area contributed by atoms with E-state index < -0.39 is 5.41 Å². The average molecular weight is 495 g/mol. The molecular formula is C29H54N2O4. The van der Waals surface area contributed by atoms with Crippen LogP contribution in [-0.4, -0.2) is 48.9 Å². The van der Waals surface area contributed by atoms with Gasteiger partial charge in [-0.3, -0.25) is 9.59 Å². The minimum absolute atomic E-state index is 0.0473. The molecule has 1 aliphatic rings. The van der Waals surface area contributed by atoms with Gasteiger partial charge in [-0.25, -0.2) is 4.79 Å².